The zero-order valence-corrected chi connectivity index (χ0v) is 12.7. The van der Waals surface area contributed by atoms with Crippen molar-refractivity contribution < 1.29 is 4.79 Å². The number of fused-ring (bicyclic) bond motifs is 1. The number of aromatic nitrogens is 2. The number of aromatic amines is 1. The van der Waals surface area contributed by atoms with Crippen molar-refractivity contribution in [2.24, 2.45) is 5.92 Å². The molecule has 0 spiro atoms. The van der Waals surface area contributed by atoms with Crippen molar-refractivity contribution in [1.29, 1.82) is 0 Å². The molecule has 2 N–H and O–H groups in total. The molecule has 112 valence electrons. The van der Waals surface area contributed by atoms with E-state index in [1.165, 1.54) is 0 Å². The summed E-state index contributed by atoms with van der Waals surface area (Å²) in [5.74, 6) is 0.686. The minimum atomic E-state index is -0.275. The second kappa shape index (κ2) is 6.02. The quantitative estimate of drug-likeness (QED) is 0.774. The predicted octanol–water partition coefficient (Wildman–Crippen LogP) is 3.42. The van der Waals surface area contributed by atoms with E-state index >= 15 is 0 Å². The van der Waals surface area contributed by atoms with E-state index in [1.54, 1.807) is 0 Å². The number of imidazole rings is 1. The average Bonchev–Trinajstić information content (AvgIpc) is 2.96. The van der Waals surface area contributed by atoms with Crippen LogP contribution in [-0.4, -0.2) is 15.9 Å². The van der Waals surface area contributed by atoms with E-state index in [-0.39, 0.29) is 17.9 Å². The standard InChI is InChI=1S/C18H19N3O/c1-12(2)18(22)21-16(13-8-4-3-5-9-13)17-19-14-10-6-7-11-15(14)20-17/h3-12,16H,1-2H3,(H,19,20)(H,21,22)/t16-/m0/s1. The van der Waals surface area contributed by atoms with E-state index in [4.69, 9.17) is 0 Å². The maximum atomic E-state index is 12.2. The van der Waals surface area contributed by atoms with Crippen LogP contribution in [0.4, 0.5) is 0 Å². The molecule has 0 radical (unpaired) electrons. The molecular weight excluding hydrogens is 274 g/mol. The third kappa shape index (κ3) is 2.86. The van der Waals surface area contributed by atoms with E-state index in [2.05, 4.69) is 15.3 Å². The first-order valence-corrected chi connectivity index (χ1v) is 7.45. The summed E-state index contributed by atoms with van der Waals surface area (Å²) in [5, 5.41) is 3.08. The van der Waals surface area contributed by atoms with Gasteiger partial charge in [-0.05, 0) is 17.7 Å². The SMILES string of the molecule is CC(C)C(=O)N[C@@H](c1ccccc1)c1nc2ccccc2[nH]1. The first-order valence-electron chi connectivity index (χ1n) is 7.45. The van der Waals surface area contributed by atoms with Crippen LogP contribution >= 0.6 is 0 Å². The molecule has 22 heavy (non-hydrogen) atoms. The summed E-state index contributed by atoms with van der Waals surface area (Å²) in [5.41, 5.74) is 2.88. The van der Waals surface area contributed by atoms with E-state index in [0.29, 0.717) is 0 Å². The van der Waals surface area contributed by atoms with Gasteiger partial charge in [0, 0.05) is 5.92 Å². The van der Waals surface area contributed by atoms with Crippen molar-refractivity contribution in [1.82, 2.24) is 15.3 Å². The lowest BCUT2D eigenvalue weighted by Crippen LogP contribution is -2.33. The summed E-state index contributed by atoms with van der Waals surface area (Å²) in [7, 11) is 0. The minimum Gasteiger partial charge on any atom is -0.342 e. The van der Waals surface area contributed by atoms with Crippen molar-refractivity contribution in [2.75, 3.05) is 0 Å². The van der Waals surface area contributed by atoms with Crippen molar-refractivity contribution in [3.63, 3.8) is 0 Å². The molecule has 3 aromatic rings. The fourth-order valence-corrected chi connectivity index (χ4v) is 2.37. The minimum absolute atomic E-state index is 0.00862. The third-order valence-corrected chi connectivity index (χ3v) is 3.63. The van der Waals surface area contributed by atoms with Gasteiger partial charge >= 0.3 is 0 Å². The van der Waals surface area contributed by atoms with Crippen LogP contribution in [0.15, 0.2) is 54.6 Å². The van der Waals surface area contributed by atoms with Gasteiger partial charge in [-0.25, -0.2) is 4.98 Å². The first kappa shape index (κ1) is 14.3. The number of hydrogen-bond acceptors (Lipinski definition) is 2. The molecule has 4 nitrogen and oxygen atoms in total. The molecule has 3 rings (SSSR count). The van der Waals surface area contributed by atoms with Gasteiger partial charge in [-0.3, -0.25) is 4.79 Å². The van der Waals surface area contributed by atoms with Crippen LogP contribution < -0.4 is 5.32 Å². The Bertz CT molecular complexity index is 744. The van der Waals surface area contributed by atoms with E-state index in [9.17, 15) is 4.79 Å². The predicted molar refractivity (Wildman–Crippen MR) is 87.4 cm³/mol. The molecule has 4 heteroatoms. The number of hydrogen-bond donors (Lipinski definition) is 2. The maximum absolute atomic E-state index is 12.2. The normalized spacial score (nSPS) is 12.5. The highest BCUT2D eigenvalue weighted by atomic mass is 16.1. The molecule has 1 aromatic heterocycles. The Morgan fingerprint density at radius 3 is 2.41 bits per heavy atom. The Hall–Kier alpha value is -2.62. The van der Waals surface area contributed by atoms with Crippen LogP contribution in [0, 0.1) is 5.92 Å². The second-order valence-electron chi connectivity index (χ2n) is 5.65. The fraction of sp³-hybridized carbons (Fsp3) is 0.222. The number of carbonyl (C=O) groups excluding carboxylic acids is 1. The van der Waals surface area contributed by atoms with Gasteiger partial charge in [0.2, 0.25) is 5.91 Å². The Morgan fingerprint density at radius 2 is 1.73 bits per heavy atom. The van der Waals surface area contributed by atoms with Crippen LogP contribution in [0.1, 0.15) is 31.3 Å². The van der Waals surface area contributed by atoms with E-state index in [1.807, 2.05) is 68.4 Å². The van der Waals surface area contributed by atoms with E-state index in [0.717, 1.165) is 22.4 Å². The number of nitrogens with one attached hydrogen (secondary N) is 2. The van der Waals surface area contributed by atoms with Gasteiger partial charge in [-0.2, -0.15) is 0 Å². The molecule has 1 amide bonds. The molecule has 0 aliphatic heterocycles. The van der Waals surface area contributed by atoms with Crippen LogP contribution in [-0.2, 0) is 4.79 Å². The lowest BCUT2D eigenvalue weighted by Gasteiger charge is -2.18. The highest BCUT2D eigenvalue weighted by Crippen LogP contribution is 2.22. The summed E-state index contributed by atoms with van der Waals surface area (Å²) < 4.78 is 0. The van der Waals surface area contributed by atoms with Crippen molar-refractivity contribution in [2.45, 2.75) is 19.9 Å². The van der Waals surface area contributed by atoms with Crippen LogP contribution in [0.5, 0.6) is 0 Å². The molecule has 0 saturated carbocycles. The molecule has 0 unspecified atom stereocenters. The number of carbonyl (C=O) groups is 1. The van der Waals surface area contributed by atoms with Crippen LogP contribution in [0.3, 0.4) is 0 Å². The summed E-state index contributed by atoms with van der Waals surface area (Å²) in [6.07, 6.45) is 0. The number of nitrogens with zero attached hydrogens (tertiary/aromatic N) is 1. The first-order chi connectivity index (χ1) is 10.6. The zero-order chi connectivity index (χ0) is 15.5. The van der Waals surface area contributed by atoms with E-state index < -0.39 is 0 Å². The summed E-state index contributed by atoms with van der Waals surface area (Å²) in [6, 6.07) is 17.5. The van der Waals surface area contributed by atoms with Gasteiger partial charge < -0.3 is 10.3 Å². The summed E-state index contributed by atoms with van der Waals surface area (Å²) in [4.78, 5) is 20.1. The van der Waals surface area contributed by atoms with Crippen LogP contribution in [0.25, 0.3) is 11.0 Å². The number of rotatable bonds is 4. The lowest BCUT2D eigenvalue weighted by atomic mass is 10.1. The van der Waals surface area contributed by atoms with Gasteiger partial charge in [0.1, 0.15) is 11.9 Å². The Labute approximate surface area is 129 Å². The van der Waals surface area contributed by atoms with Gasteiger partial charge in [0.05, 0.1) is 11.0 Å². The molecule has 2 aromatic carbocycles. The Balaban J connectivity index is 2.02. The van der Waals surface area contributed by atoms with Gasteiger partial charge in [0.15, 0.2) is 0 Å². The van der Waals surface area contributed by atoms with Crippen LogP contribution in [0.2, 0.25) is 0 Å². The molecular formula is C18H19N3O. The maximum Gasteiger partial charge on any atom is 0.223 e. The molecule has 1 atom stereocenters. The fourth-order valence-electron chi connectivity index (χ4n) is 2.37. The van der Waals surface area contributed by atoms with Gasteiger partial charge in [-0.15, -0.1) is 0 Å². The van der Waals surface area contributed by atoms with Crippen molar-refractivity contribution in [3.05, 3.63) is 66.0 Å². The molecule has 1 heterocycles. The topological polar surface area (TPSA) is 57.8 Å². The highest BCUT2D eigenvalue weighted by molar-refractivity contribution is 5.79. The monoisotopic (exact) mass is 293 g/mol. The lowest BCUT2D eigenvalue weighted by molar-refractivity contribution is -0.124. The molecule has 0 aliphatic rings. The molecule has 0 fully saturated rings. The third-order valence-electron chi connectivity index (χ3n) is 3.63. The smallest absolute Gasteiger partial charge is 0.223 e. The Morgan fingerprint density at radius 1 is 1.05 bits per heavy atom. The second-order valence-corrected chi connectivity index (χ2v) is 5.65. The number of para-hydroxylation sites is 2. The number of H-pyrrole nitrogens is 1. The molecule has 0 saturated heterocycles. The largest absolute Gasteiger partial charge is 0.342 e. The zero-order valence-electron chi connectivity index (χ0n) is 12.7. The van der Waals surface area contributed by atoms with Gasteiger partial charge in [-0.1, -0.05) is 56.3 Å². The number of benzene rings is 2. The molecule has 0 aliphatic carbocycles. The summed E-state index contributed by atoms with van der Waals surface area (Å²) >= 11 is 0. The van der Waals surface area contributed by atoms with Crippen molar-refractivity contribution in [3.8, 4) is 0 Å². The average molecular weight is 293 g/mol. The summed E-state index contributed by atoms with van der Waals surface area (Å²) in [6.45, 7) is 3.77. The number of amides is 1. The molecule has 0 bridgehead atoms. The van der Waals surface area contributed by atoms with Gasteiger partial charge in [0.25, 0.3) is 0 Å². The van der Waals surface area contributed by atoms with Crippen molar-refractivity contribution >= 4 is 16.9 Å². The Kier molecular flexibility index (Phi) is 3.92. The highest BCUT2D eigenvalue weighted by Gasteiger charge is 2.21.